The molecule has 1 heterocycles. The minimum absolute atomic E-state index is 0.0721. The van der Waals surface area contributed by atoms with Gasteiger partial charge in [-0.1, -0.05) is 30.3 Å². The van der Waals surface area contributed by atoms with Crippen molar-refractivity contribution >= 4 is 11.7 Å². The SMILES string of the molecule is COc1ccc(CN(CCCN2CCOCC2)C(=O)Nc2ccccc2C)cc1. The molecular weight excluding hydrogens is 366 g/mol. The fraction of sp³-hybridized carbons (Fsp3) is 0.435. The second-order valence-electron chi connectivity index (χ2n) is 7.32. The molecule has 1 aliphatic rings. The molecule has 1 saturated heterocycles. The lowest BCUT2D eigenvalue weighted by Crippen LogP contribution is -2.40. The lowest BCUT2D eigenvalue weighted by atomic mass is 10.2. The molecule has 2 amide bonds. The molecule has 1 N–H and O–H groups in total. The van der Waals surface area contributed by atoms with Gasteiger partial charge < -0.3 is 19.7 Å². The van der Waals surface area contributed by atoms with Gasteiger partial charge in [-0.2, -0.15) is 0 Å². The van der Waals surface area contributed by atoms with Crippen molar-refractivity contribution in [2.24, 2.45) is 0 Å². The van der Waals surface area contributed by atoms with E-state index in [0.29, 0.717) is 13.1 Å². The molecule has 0 unspecified atom stereocenters. The van der Waals surface area contributed by atoms with Crippen LogP contribution in [0.5, 0.6) is 5.75 Å². The average molecular weight is 398 g/mol. The number of morpholine rings is 1. The molecule has 156 valence electrons. The van der Waals surface area contributed by atoms with Crippen LogP contribution in [0.2, 0.25) is 0 Å². The summed E-state index contributed by atoms with van der Waals surface area (Å²) < 4.78 is 10.7. The number of carbonyl (C=O) groups excluding carboxylic acids is 1. The molecule has 2 aromatic carbocycles. The van der Waals surface area contributed by atoms with E-state index in [1.54, 1.807) is 7.11 Å². The van der Waals surface area contributed by atoms with Gasteiger partial charge in [0.25, 0.3) is 0 Å². The van der Waals surface area contributed by atoms with Gasteiger partial charge in [0.15, 0.2) is 0 Å². The first-order valence-corrected chi connectivity index (χ1v) is 10.2. The van der Waals surface area contributed by atoms with Crippen molar-refractivity contribution in [1.82, 2.24) is 9.80 Å². The highest BCUT2D eigenvalue weighted by Gasteiger charge is 2.16. The topological polar surface area (TPSA) is 54.0 Å². The van der Waals surface area contributed by atoms with Crippen molar-refractivity contribution in [3.8, 4) is 5.75 Å². The molecule has 3 rings (SSSR count). The number of anilines is 1. The van der Waals surface area contributed by atoms with Crippen LogP contribution in [0, 0.1) is 6.92 Å². The van der Waals surface area contributed by atoms with Crippen molar-refractivity contribution in [3.63, 3.8) is 0 Å². The van der Waals surface area contributed by atoms with Crippen molar-refractivity contribution in [2.75, 3.05) is 51.8 Å². The number of hydrogen-bond donors (Lipinski definition) is 1. The van der Waals surface area contributed by atoms with Gasteiger partial charge in [0, 0.05) is 38.4 Å². The van der Waals surface area contributed by atoms with Gasteiger partial charge >= 0.3 is 6.03 Å². The Balaban J connectivity index is 1.63. The summed E-state index contributed by atoms with van der Waals surface area (Å²) in [5, 5.41) is 3.07. The van der Waals surface area contributed by atoms with Crippen LogP contribution in [-0.2, 0) is 11.3 Å². The first-order chi connectivity index (χ1) is 14.2. The van der Waals surface area contributed by atoms with E-state index in [1.807, 2.05) is 60.4 Å². The number of carbonyl (C=O) groups is 1. The molecule has 6 nitrogen and oxygen atoms in total. The van der Waals surface area contributed by atoms with Crippen molar-refractivity contribution < 1.29 is 14.3 Å². The summed E-state index contributed by atoms with van der Waals surface area (Å²) in [5.74, 6) is 0.817. The lowest BCUT2D eigenvalue weighted by molar-refractivity contribution is 0.0365. The predicted octanol–water partition coefficient (Wildman–Crippen LogP) is 3.76. The molecule has 0 atom stereocenters. The zero-order valence-electron chi connectivity index (χ0n) is 17.4. The molecule has 1 aliphatic heterocycles. The number of hydrogen-bond acceptors (Lipinski definition) is 4. The summed E-state index contributed by atoms with van der Waals surface area (Å²) >= 11 is 0. The van der Waals surface area contributed by atoms with Crippen LogP contribution < -0.4 is 10.1 Å². The molecule has 0 aromatic heterocycles. The maximum atomic E-state index is 13.0. The standard InChI is InChI=1S/C23H31N3O3/c1-19-6-3-4-7-22(19)24-23(27)26(13-5-12-25-14-16-29-17-15-25)18-20-8-10-21(28-2)11-9-20/h3-4,6-11H,5,12-18H2,1-2H3,(H,24,27). The van der Waals surface area contributed by atoms with Gasteiger partial charge in [0.2, 0.25) is 0 Å². The van der Waals surface area contributed by atoms with Crippen LogP contribution in [-0.4, -0.2) is 62.3 Å². The van der Waals surface area contributed by atoms with Crippen molar-refractivity contribution in [2.45, 2.75) is 19.9 Å². The van der Waals surface area contributed by atoms with Gasteiger partial charge in [-0.3, -0.25) is 4.90 Å². The zero-order chi connectivity index (χ0) is 20.5. The van der Waals surface area contributed by atoms with Crippen LogP contribution in [0.4, 0.5) is 10.5 Å². The summed E-state index contributed by atoms with van der Waals surface area (Å²) in [4.78, 5) is 17.3. The maximum Gasteiger partial charge on any atom is 0.322 e. The number of para-hydroxylation sites is 1. The quantitative estimate of drug-likeness (QED) is 0.737. The van der Waals surface area contributed by atoms with Gasteiger partial charge in [-0.25, -0.2) is 4.79 Å². The molecule has 0 saturated carbocycles. The first-order valence-electron chi connectivity index (χ1n) is 10.2. The second kappa shape index (κ2) is 10.8. The molecular formula is C23H31N3O3. The number of rotatable bonds is 8. The predicted molar refractivity (Wildman–Crippen MR) is 115 cm³/mol. The lowest BCUT2D eigenvalue weighted by Gasteiger charge is -2.28. The van der Waals surface area contributed by atoms with Gasteiger partial charge in [-0.15, -0.1) is 0 Å². The minimum Gasteiger partial charge on any atom is -0.497 e. The number of benzene rings is 2. The highest BCUT2D eigenvalue weighted by Crippen LogP contribution is 2.17. The van der Waals surface area contributed by atoms with Crippen molar-refractivity contribution in [1.29, 1.82) is 0 Å². The minimum atomic E-state index is -0.0721. The van der Waals surface area contributed by atoms with Gasteiger partial charge in [0.05, 0.1) is 20.3 Å². The molecule has 0 spiro atoms. The van der Waals surface area contributed by atoms with E-state index in [-0.39, 0.29) is 6.03 Å². The van der Waals surface area contributed by atoms with E-state index in [4.69, 9.17) is 9.47 Å². The Morgan fingerprint density at radius 2 is 1.86 bits per heavy atom. The molecule has 2 aromatic rings. The van der Waals surface area contributed by atoms with Crippen molar-refractivity contribution in [3.05, 3.63) is 59.7 Å². The summed E-state index contributed by atoms with van der Waals surface area (Å²) in [5.41, 5.74) is 2.99. The number of urea groups is 1. The van der Waals surface area contributed by atoms with E-state index >= 15 is 0 Å². The van der Waals surface area contributed by atoms with E-state index < -0.39 is 0 Å². The number of methoxy groups -OCH3 is 1. The number of amides is 2. The zero-order valence-corrected chi connectivity index (χ0v) is 17.4. The number of nitrogens with zero attached hydrogens (tertiary/aromatic N) is 2. The van der Waals surface area contributed by atoms with Crippen LogP contribution in [0.3, 0.4) is 0 Å². The smallest absolute Gasteiger partial charge is 0.322 e. The Bertz CT molecular complexity index is 773. The fourth-order valence-electron chi connectivity index (χ4n) is 3.42. The molecule has 1 fully saturated rings. The maximum absolute atomic E-state index is 13.0. The van der Waals surface area contributed by atoms with Gasteiger partial charge in [0.1, 0.15) is 5.75 Å². The van der Waals surface area contributed by atoms with Crippen LogP contribution in [0.1, 0.15) is 17.5 Å². The molecule has 0 bridgehead atoms. The summed E-state index contributed by atoms with van der Waals surface area (Å²) in [6, 6.07) is 15.7. The largest absolute Gasteiger partial charge is 0.497 e. The summed E-state index contributed by atoms with van der Waals surface area (Å²) in [7, 11) is 1.66. The first kappa shape index (κ1) is 21.1. The Morgan fingerprint density at radius 1 is 1.14 bits per heavy atom. The average Bonchev–Trinajstić information content (AvgIpc) is 2.76. The van der Waals surface area contributed by atoms with Crippen LogP contribution >= 0.6 is 0 Å². The summed E-state index contributed by atoms with van der Waals surface area (Å²) in [6.07, 6.45) is 0.928. The number of nitrogens with one attached hydrogen (secondary N) is 1. The molecule has 6 heteroatoms. The van der Waals surface area contributed by atoms with Crippen LogP contribution in [0.15, 0.2) is 48.5 Å². The van der Waals surface area contributed by atoms with E-state index in [0.717, 1.165) is 61.8 Å². The Hall–Kier alpha value is -2.57. The second-order valence-corrected chi connectivity index (χ2v) is 7.32. The Morgan fingerprint density at radius 3 is 2.55 bits per heavy atom. The Kier molecular flexibility index (Phi) is 7.90. The molecule has 29 heavy (non-hydrogen) atoms. The molecule has 0 radical (unpaired) electrons. The highest BCUT2D eigenvalue weighted by atomic mass is 16.5. The van der Waals surface area contributed by atoms with E-state index in [1.165, 1.54) is 0 Å². The number of ether oxygens (including phenoxy) is 2. The summed E-state index contributed by atoms with van der Waals surface area (Å²) in [6.45, 7) is 7.75. The van der Waals surface area contributed by atoms with Gasteiger partial charge in [-0.05, 0) is 42.7 Å². The Labute approximate surface area is 173 Å². The molecule has 0 aliphatic carbocycles. The fourth-order valence-corrected chi connectivity index (χ4v) is 3.42. The monoisotopic (exact) mass is 397 g/mol. The van der Waals surface area contributed by atoms with E-state index in [9.17, 15) is 4.79 Å². The third-order valence-electron chi connectivity index (χ3n) is 5.21. The third-order valence-corrected chi connectivity index (χ3v) is 5.21. The normalized spacial score (nSPS) is 14.4. The third kappa shape index (κ3) is 6.48. The van der Waals surface area contributed by atoms with Crippen LogP contribution in [0.25, 0.3) is 0 Å². The number of aryl methyl sites for hydroxylation is 1. The van der Waals surface area contributed by atoms with E-state index in [2.05, 4.69) is 10.2 Å². The highest BCUT2D eigenvalue weighted by molar-refractivity contribution is 5.90.